The van der Waals surface area contributed by atoms with Gasteiger partial charge < -0.3 is 4.74 Å². The van der Waals surface area contributed by atoms with E-state index < -0.39 is 18.8 Å². The van der Waals surface area contributed by atoms with Crippen molar-refractivity contribution in [2.24, 2.45) is 5.92 Å². The Balaban J connectivity index is 1.96. The molecule has 1 saturated carbocycles. The number of hydrogen-bond donors (Lipinski definition) is 0. The monoisotopic (exact) mass is 407 g/mol. The number of fused-ring (bicyclic) bond motifs is 3. The molecule has 28 heavy (non-hydrogen) atoms. The van der Waals surface area contributed by atoms with E-state index in [1.54, 1.807) is 13.8 Å². The van der Waals surface area contributed by atoms with E-state index in [0.717, 1.165) is 11.1 Å². The number of nitrogens with zero attached hydrogens (tertiary/aromatic N) is 1. The number of esters is 1. The van der Waals surface area contributed by atoms with Crippen LogP contribution in [0.1, 0.15) is 44.2 Å². The highest BCUT2D eigenvalue weighted by Gasteiger charge is 2.60. The molecule has 0 unspecified atom stereocenters. The van der Waals surface area contributed by atoms with Gasteiger partial charge in [0, 0.05) is 0 Å². The number of carbonyl (C=O) groups is 1. The molecule has 2 aliphatic carbocycles. The summed E-state index contributed by atoms with van der Waals surface area (Å²) in [6.07, 6.45) is 1.48. The predicted molar refractivity (Wildman–Crippen MR) is 101 cm³/mol. The van der Waals surface area contributed by atoms with Crippen molar-refractivity contribution in [2.45, 2.75) is 50.5 Å². The number of benzene rings is 1. The maximum absolute atomic E-state index is 12.9. The minimum absolute atomic E-state index is 0.139. The molecule has 0 radical (unpaired) electrons. The van der Waals surface area contributed by atoms with Crippen LogP contribution in [-0.4, -0.2) is 31.9 Å². The van der Waals surface area contributed by atoms with Crippen molar-refractivity contribution in [1.29, 1.82) is 5.26 Å². The maximum Gasteiger partial charge on any atom is 0.476 e. The maximum atomic E-state index is 12.9. The average molecular weight is 407 g/mol. The Morgan fingerprint density at radius 3 is 2.54 bits per heavy atom. The molecule has 3 atom stereocenters. The minimum atomic E-state index is -3.87. The highest BCUT2D eigenvalue weighted by atomic mass is 31.2. The largest absolute Gasteiger partial charge is 0.476 e. The molecule has 1 aromatic carbocycles. The standard InChI is InChI=1S/C20H26NO6P/c1-4-25-28(23,26-5-2)27-19(14-21)10-11-20(18(22)24-3)16(13-19)12-15-8-6-7-9-17(15)20/h6-9,16H,4-5,10-13H2,1-3H3/t16-,19-,20-/m1/s1. The zero-order valence-electron chi connectivity index (χ0n) is 16.5. The summed E-state index contributed by atoms with van der Waals surface area (Å²) in [5.41, 5.74) is -0.124. The van der Waals surface area contributed by atoms with Crippen LogP contribution in [0.15, 0.2) is 24.3 Å². The Kier molecular flexibility index (Phi) is 5.97. The van der Waals surface area contributed by atoms with Gasteiger partial charge in [0.2, 0.25) is 0 Å². The van der Waals surface area contributed by atoms with Crippen LogP contribution in [-0.2, 0) is 39.5 Å². The van der Waals surface area contributed by atoms with E-state index in [4.69, 9.17) is 18.3 Å². The topological polar surface area (TPSA) is 94.9 Å². The van der Waals surface area contributed by atoms with Crippen LogP contribution in [0.4, 0.5) is 0 Å². The number of carbonyl (C=O) groups excluding carboxylic acids is 1. The quantitative estimate of drug-likeness (QED) is 0.499. The third-order valence-electron chi connectivity index (χ3n) is 5.77. The van der Waals surface area contributed by atoms with Crippen LogP contribution in [0.2, 0.25) is 0 Å². The van der Waals surface area contributed by atoms with Gasteiger partial charge in [-0.2, -0.15) is 5.26 Å². The molecule has 1 aromatic rings. The molecule has 2 aliphatic rings. The number of ether oxygens (including phenoxy) is 1. The summed E-state index contributed by atoms with van der Waals surface area (Å²) in [5.74, 6) is -0.491. The fourth-order valence-corrected chi connectivity index (χ4v) is 6.11. The van der Waals surface area contributed by atoms with Gasteiger partial charge in [0.1, 0.15) is 0 Å². The summed E-state index contributed by atoms with van der Waals surface area (Å²) in [7, 11) is -2.49. The lowest BCUT2D eigenvalue weighted by molar-refractivity contribution is -0.153. The van der Waals surface area contributed by atoms with E-state index in [-0.39, 0.29) is 37.9 Å². The smallest absolute Gasteiger partial charge is 0.468 e. The molecule has 0 heterocycles. The Morgan fingerprint density at radius 2 is 1.93 bits per heavy atom. The van der Waals surface area contributed by atoms with Gasteiger partial charge in [0.25, 0.3) is 0 Å². The SMILES string of the molecule is CCOP(=O)(OCC)O[C@]1(C#N)CC[C@]2(C(=O)OC)c3ccccc3C[C@@H]2C1. The van der Waals surface area contributed by atoms with Gasteiger partial charge in [-0.3, -0.25) is 18.4 Å². The predicted octanol–water partition coefficient (Wildman–Crippen LogP) is 3.91. The van der Waals surface area contributed by atoms with E-state index in [0.29, 0.717) is 12.8 Å². The van der Waals surface area contributed by atoms with Crippen molar-refractivity contribution in [2.75, 3.05) is 20.3 Å². The van der Waals surface area contributed by atoms with Crippen molar-refractivity contribution < 1.29 is 27.7 Å². The molecule has 0 saturated heterocycles. The Hall–Kier alpha value is -1.71. The van der Waals surface area contributed by atoms with Crippen molar-refractivity contribution in [1.82, 2.24) is 0 Å². The second-order valence-corrected chi connectivity index (χ2v) is 8.80. The second-order valence-electron chi connectivity index (χ2n) is 7.21. The molecule has 0 N–H and O–H groups in total. The fraction of sp³-hybridized carbons (Fsp3) is 0.600. The molecule has 1 fully saturated rings. The molecule has 152 valence electrons. The number of phosphoric ester groups is 1. The lowest BCUT2D eigenvalue weighted by Gasteiger charge is -2.44. The van der Waals surface area contributed by atoms with Gasteiger partial charge >= 0.3 is 13.8 Å². The van der Waals surface area contributed by atoms with Crippen LogP contribution >= 0.6 is 7.82 Å². The molecule has 7 nitrogen and oxygen atoms in total. The summed E-state index contributed by atoms with van der Waals surface area (Å²) in [6, 6.07) is 10.00. The molecular formula is C20H26NO6P. The number of nitriles is 1. The van der Waals surface area contributed by atoms with Crippen LogP contribution in [0.5, 0.6) is 0 Å². The van der Waals surface area contributed by atoms with E-state index in [1.165, 1.54) is 7.11 Å². The fourth-order valence-electron chi connectivity index (χ4n) is 4.66. The molecule has 0 aliphatic heterocycles. The van der Waals surface area contributed by atoms with Crippen molar-refractivity contribution in [3.8, 4) is 6.07 Å². The summed E-state index contributed by atoms with van der Waals surface area (Å²) in [4.78, 5) is 12.9. The Bertz CT molecular complexity index is 826. The van der Waals surface area contributed by atoms with Crippen molar-refractivity contribution in [3.63, 3.8) is 0 Å². The minimum Gasteiger partial charge on any atom is -0.468 e. The lowest BCUT2D eigenvalue weighted by atomic mass is 9.62. The first-order valence-corrected chi connectivity index (χ1v) is 11.0. The summed E-state index contributed by atoms with van der Waals surface area (Å²) in [6.45, 7) is 3.65. The zero-order valence-corrected chi connectivity index (χ0v) is 17.4. The summed E-state index contributed by atoms with van der Waals surface area (Å²) in [5, 5.41) is 9.93. The zero-order chi connectivity index (χ0) is 20.4. The number of rotatable bonds is 7. The summed E-state index contributed by atoms with van der Waals surface area (Å²) < 4.78 is 34.3. The first kappa shape index (κ1) is 21.0. The van der Waals surface area contributed by atoms with Crippen LogP contribution < -0.4 is 0 Å². The number of phosphoric acid groups is 1. The van der Waals surface area contributed by atoms with E-state index in [1.807, 2.05) is 24.3 Å². The first-order chi connectivity index (χ1) is 13.4. The number of methoxy groups -OCH3 is 1. The molecule has 0 amide bonds. The van der Waals surface area contributed by atoms with Gasteiger partial charge in [0.15, 0.2) is 5.60 Å². The Labute approximate surface area is 165 Å². The number of hydrogen-bond acceptors (Lipinski definition) is 7. The van der Waals surface area contributed by atoms with Crippen LogP contribution in [0.3, 0.4) is 0 Å². The third kappa shape index (κ3) is 3.40. The summed E-state index contributed by atoms with van der Waals surface area (Å²) >= 11 is 0. The van der Waals surface area contributed by atoms with E-state index in [2.05, 4.69) is 6.07 Å². The average Bonchev–Trinajstić information content (AvgIpc) is 3.01. The second kappa shape index (κ2) is 7.96. The van der Waals surface area contributed by atoms with Gasteiger partial charge in [0.05, 0.1) is 31.8 Å². The van der Waals surface area contributed by atoms with Crippen molar-refractivity contribution >= 4 is 13.8 Å². The van der Waals surface area contributed by atoms with Gasteiger partial charge in [-0.1, -0.05) is 24.3 Å². The van der Waals surface area contributed by atoms with Gasteiger partial charge in [-0.25, -0.2) is 4.57 Å². The normalized spacial score (nSPS) is 28.9. The Morgan fingerprint density at radius 1 is 1.25 bits per heavy atom. The molecule has 3 rings (SSSR count). The molecule has 0 aromatic heterocycles. The molecule has 8 heteroatoms. The highest BCUT2D eigenvalue weighted by Crippen LogP contribution is 2.60. The first-order valence-electron chi connectivity index (χ1n) is 9.56. The molecule has 0 spiro atoms. The van der Waals surface area contributed by atoms with Crippen LogP contribution in [0.25, 0.3) is 0 Å². The van der Waals surface area contributed by atoms with E-state index in [9.17, 15) is 14.6 Å². The molecular weight excluding hydrogens is 381 g/mol. The third-order valence-corrected chi connectivity index (χ3v) is 7.50. The lowest BCUT2D eigenvalue weighted by Crippen LogP contribution is -2.51. The highest BCUT2D eigenvalue weighted by molar-refractivity contribution is 7.48. The van der Waals surface area contributed by atoms with Gasteiger partial charge in [-0.05, 0) is 56.6 Å². The van der Waals surface area contributed by atoms with E-state index >= 15 is 0 Å². The van der Waals surface area contributed by atoms with Crippen LogP contribution in [0, 0.1) is 17.2 Å². The van der Waals surface area contributed by atoms with Gasteiger partial charge in [-0.15, -0.1) is 0 Å². The van der Waals surface area contributed by atoms with Crippen molar-refractivity contribution in [3.05, 3.63) is 35.4 Å². The molecule has 0 bridgehead atoms.